The Kier molecular flexibility index (Phi) is 4.77. The van der Waals surface area contributed by atoms with Crippen molar-refractivity contribution in [1.29, 1.82) is 0 Å². The second kappa shape index (κ2) is 6.41. The van der Waals surface area contributed by atoms with Crippen LogP contribution in [0.5, 0.6) is 5.75 Å². The highest BCUT2D eigenvalue weighted by Gasteiger charge is 2.15. The van der Waals surface area contributed by atoms with E-state index in [0.717, 1.165) is 18.4 Å². The van der Waals surface area contributed by atoms with E-state index < -0.39 is 27.6 Å². The van der Waals surface area contributed by atoms with Gasteiger partial charge in [-0.05, 0) is 24.3 Å². The minimum atomic E-state index is -3.37. The number of rotatable bonds is 5. The Morgan fingerprint density at radius 3 is 2.55 bits per heavy atom. The van der Waals surface area contributed by atoms with Crippen molar-refractivity contribution in [2.45, 2.75) is 11.0 Å². The monoisotopic (exact) mass is 328 g/mol. The maximum atomic E-state index is 13.5. The zero-order valence-electron chi connectivity index (χ0n) is 11.7. The van der Waals surface area contributed by atoms with Gasteiger partial charge in [0.2, 0.25) is 0 Å². The summed E-state index contributed by atoms with van der Waals surface area (Å²) in [6, 6.07) is 8.57. The van der Waals surface area contributed by atoms with Gasteiger partial charge in [-0.3, -0.25) is 0 Å². The second-order valence-electron chi connectivity index (χ2n) is 4.74. The lowest BCUT2D eigenvalue weighted by Gasteiger charge is -2.14. The van der Waals surface area contributed by atoms with Crippen molar-refractivity contribution < 1.29 is 27.0 Å². The molecular weight excluding hydrogens is 314 g/mol. The molecule has 0 amide bonds. The van der Waals surface area contributed by atoms with Crippen LogP contribution >= 0.6 is 0 Å². The molecule has 1 unspecified atom stereocenters. The third kappa shape index (κ3) is 4.02. The number of sulfone groups is 1. The van der Waals surface area contributed by atoms with E-state index in [1.807, 2.05) is 0 Å². The molecule has 2 rings (SSSR count). The van der Waals surface area contributed by atoms with Crippen LogP contribution in [0.1, 0.15) is 11.7 Å². The lowest BCUT2D eigenvalue weighted by atomic mass is 10.1. The van der Waals surface area contributed by atoms with Crippen LogP contribution in [0.3, 0.4) is 0 Å². The molecule has 0 spiro atoms. The van der Waals surface area contributed by atoms with Gasteiger partial charge in [0.15, 0.2) is 9.84 Å². The zero-order chi connectivity index (χ0) is 16.3. The van der Waals surface area contributed by atoms with Crippen LogP contribution in [0.4, 0.5) is 8.78 Å². The van der Waals surface area contributed by atoms with Crippen LogP contribution in [-0.2, 0) is 9.84 Å². The summed E-state index contributed by atoms with van der Waals surface area (Å²) in [6.07, 6.45) is -0.239. The standard InChI is InChI=1S/C15H14F2O4S/c1-22(19,20)12-4-2-3-11(8-12)21-9-15(18)13-6-5-10(16)7-14(13)17/h2-8,15,18H,9H2,1H3. The van der Waals surface area contributed by atoms with E-state index in [1.165, 1.54) is 24.3 Å². The molecular formula is C15H14F2O4S. The summed E-state index contributed by atoms with van der Waals surface area (Å²) in [4.78, 5) is 0.0763. The predicted molar refractivity (Wildman–Crippen MR) is 76.4 cm³/mol. The topological polar surface area (TPSA) is 63.6 Å². The minimum Gasteiger partial charge on any atom is -0.490 e. The molecule has 0 aliphatic carbocycles. The molecule has 0 aromatic heterocycles. The fraction of sp³-hybridized carbons (Fsp3) is 0.200. The maximum absolute atomic E-state index is 13.5. The molecule has 0 radical (unpaired) electrons. The highest BCUT2D eigenvalue weighted by molar-refractivity contribution is 7.90. The third-order valence-corrected chi connectivity index (χ3v) is 4.07. The number of aliphatic hydroxyl groups is 1. The summed E-state index contributed by atoms with van der Waals surface area (Å²) in [6.45, 7) is -0.296. The van der Waals surface area contributed by atoms with Crippen molar-refractivity contribution in [2.24, 2.45) is 0 Å². The molecule has 2 aromatic rings. The number of aliphatic hydroxyl groups excluding tert-OH is 1. The van der Waals surface area contributed by atoms with Gasteiger partial charge in [-0.25, -0.2) is 17.2 Å². The number of hydrogen-bond donors (Lipinski definition) is 1. The summed E-state index contributed by atoms with van der Waals surface area (Å²) < 4.78 is 54.5. The molecule has 2 aromatic carbocycles. The summed E-state index contributed by atoms with van der Waals surface area (Å²) in [5.74, 6) is -1.39. The van der Waals surface area contributed by atoms with Gasteiger partial charge in [0.1, 0.15) is 30.1 Å². The van der Waals surface area contributed by atoms with E-state index in [4.69, 9.17) is 4.74 Å². The van der Waals surface area contributed by atoms with Crippen LogP contribution in [0, 0.1) is 11.6 Å². The first-order valence-electron chi connectivity index (χ1n) is 6.33. The fourth-order valence-corrected chi connectivity index (χ4v) is 2.49. The van der Waals surface area contributed by atoms with E-state index >= 15 is 0 Å². The summed E-state index contributed by atoms with van der Waals surface area (Å²) in [7, 11) is -3.37. The lowest BCUT2D eigenvalue weighted by Crippen LogP contribution is -2.11. The van der Waals surface area contributed by atoms with Gasteiger partial charge in [0.25, 0.3) is 0 Å². The molecule has 1 N–H and O–H groups in total. The molecule has 0 saturated carbocycles. The van der Waals surface area contributed by atoms with Crippen molar-refractivity contribution in [2.75, 3.05) is 12.9 Å². The zero-order valence-corrected chi connectivity index (χ0v) is 12.5. The van der Waals surface area contributed by atoms with Crippen molar-refractivity contribution in [3.05, 3.63) is 59.7 Å². The molecule has 4 nitrogen and oxygen atoms in total. The average Bonchev–Trinajstić information content (AvgIpc) is 2.44. The first-order valence-corrected chi connectivity index (χ1v) is 8.22. The number of benzene rings is 2. The van der Waals surface area contributed by atoms with Crippen molar-refractivity contribution in [3.63, 3.8) is 0 Å². The van der Waals surface area contributed by atoms with Crippen LogP contribution in [0.25, 0.3) is 0 Å². The molecule has 0 aliphatic heterocycles. The van der Waals surface area contributed by atoms with Crippen LogP contribution in [0.15, 0.2) is 47.4 Å². The van der Waals surface area contributed by atoms with E-state index in [2.05, 4.69) is 0 Å². The number of halogens is 2. The summed E-state index contributed by atoms with van der Waals surface area (Å²) in [5.41, 5.74) is -0.0966. The Hall–Kier alpha value is -1.99. The highest BCUT2D eigenvalue weighted by Crippen LogP contribution is 2.21. The van der Waals surface area contributed by atoms with Gasteiger partial charge >= 0.3 is 0 Å². The molecule has 118 valence electrons. The van der Waals surface area contributed by atoms with E-state index in [-0.39, 0.29) is 22.8 Å². The van der Waals surface area contributed by atoms with Crippen molar-refractivity contribution >= 4 is 9.84 Å². The highest BCUT2D eigenvalue weighted by atomic mass is 32.2. The predicted octanol–water partition coefficient (Wildman–Crippen LogP) is 2.48. The van der Waals surface area contributed by atoms with Gasteiger partial charge in [-0.15, -0.1) is 0 Å². The molecule has 0 bridgehead atoms. The van der Waals surface area contributed by atoms with E-state index in [1.54, 1.807) is 0 Å². The normalized spacial score (nSPS) is 12.9. The minimum absolute atomic E-state index is 0.0763. The first-order chi connectivity index (χ1) is 10.3. The van der Waals surface area contributed by atoms with Gasteiger partial charge in [-0.2, -0.15) is 0 Å². The second-order valence-corrected chi connectivity index (χ2v) is 6.76. The van der Waals surface area contributed by atoms with Gasteiger partial charge in [-0.1, -0.05) is 12.1 Å². The average molecular weight is 328 g/mol. The van der Waals surface area contributed by atoms with E-state index in [9.17, 15) is 22.3 Å². The molecule has 1 atom stereocenters. The van der Waals surface area contributed by atoms with Crippen molar-refractivity contribution in [1.82, 2.24) is 0 Å². The number of hydrogen-bond acceptors (Lipinski definition) is 4. The van der Waals surface area contributed by atoms with Crippen LogP contribution < -0.4 is 4.74 Å². The Balaban J connectivity index is 2.10. The maximum Gasteiger partial charge on any atom is 0.175 e. The number of ether oxygens (including phenoxy) is 1. The molecule has 0 heterocycles. The Labute approximate surface area is 126 Å². The van der Waals surface area contributed by atoms with E-state index in [0.29, 0.717) is 6.07 Å². The smallest absolute Gasteiger partial charge is 0.175 e. The van der Waals surface area contributed by atoms with Crippen LogP contribution in [0.2, 0.25) is 0 Å². The Bertz CT molecular complexity index is 775. The fourth-order valence-electron chi connectivity index (χ4n) is 1.83. The SMILES string of the molecule is CS(=O)(=O)c1cccc(OCC(O)c2ccc(F)cc2F)c1. The quantitative estimate of drug-likeness (QED) is 0.916. The Morgan fingerprint density at radius 2 is 1.91 bits per heavy atom. The molecule has 0 aliphatic rings. The van der Waals surface area contributed by atoms with Crippen molar-refractivity contribution in [3.8, 4) is 5.75 Å². The van der Waals surface area contributed by atoms with Crippen LogP contribution in [-0.4, -0.2) is 26.4 Å². The summed E-state index contributed by atoms with van der Waals surface area (Å²) in [5, 5.41) is 9.88. The first kappa shape index (κ1) is 16.4. The van der Waals surface area contributed by atoms with Gasteiger partial charge in [0, 0.05) is 17.9 Å². The molecule has 0 fully saturated rings. The van der Waals surface area contributed by atoms with Gasteiger partial charge in [0.05, 0.1) is 4.90 Å². The van der Waals surface area contributed by atoms with Gasteiger partial charge < -0.3 is 9.84 Å². The molecule has 22 heavy (non-hydrogen) atoms. The molecule has 0 saturated heterocycles. The lowest BCUT2D eigenvalue weighted by molar-refractivity contribution is 0.105. The third-order valence-electron chi connectivity index (χ3n) is 2.96. The molecule has 7 heteroatoms. The summed E-state index contributed by atoms with van der Waals surface area (Å²) >= 11 is 0. The largest absolute Gasteiger partial charge is 0.490 e. The Morgan fingerprint density at radius 1 is 1.18 bits per heavy atom.